The van der Waals surface area contributed by atoms with Gasteiger partial charge in [-0.3, -0.25) is 0 Å². The van der Waals surface area contributed by atoms with Gasteiger partial charge < -0.3 is 10.2 Å². The maximum absolute atomic E-state index is 12.4. The summed E-state index contributed by atoms with van der Waals surface area (Å²) in [5.74, 6) is 0. The summed E-state index contributed by atoms with van der Waals surface area (Å²) in [6.07, 6.45) is 0.828. The summed E-state index contributed by atoms with van der Waals surface area (Å²) in [4.78, 5) is 2.16. The quantitative estimate of drug-likeness (QED) is 0.660. The highest BCUT2D eigenvalue weighted by Crippen LogP contribution is 2.15. The topological polar surface area (TPSA) is 55.9 Å². The van der Waals surface area contributed by atoms with Gasteiger partial charge in [0.1, 0.15) is 0 Å². The van der Waals surface area contributed by atoms with E-state index < -0.39 is 10.2 Å². The summed E-state index contributed by atoms with van der Waals surface area (Å²) < 4.78 is 27.9. The number of hydrogen-bond acceptors (Lipinski definition) is 4. The third-order valence-electron chi connectivity index (χ3n) is 3.36. The van der Waals surface area contributed by atoms with Crippen molar-refractivity contribution < 1.29 is 8.42 Å². The van der Waals surface area contributed by atoms with Crippen LogP contribution in [-0.2, 0) is 10.2 Å². The van der Waals surface area contributed by atoms with Crippen LogP contribution in [0.5, 0.6) is 0 Å². The maximum Gasteiger partial charge on any atom is 0.282 e. The highest BCUT2D eigenvalue weighted by molar-refractivity contribution is 7.86. The van der Waals surface area contributed by atoms with Crippen LogP contribution in [0.2, 0.25) is 0 Å². The Labute approximate surface area is 111 Å². The van der Waals surface area contributed by atoms with Gasteiger partial charge in [-0.2, -0.15) is 17.0 Å². The summed E-state index contributed by atoms with van der Waals surface area (Å²) >= 11 is 0. The fraction of sp³-hybridized carbons (Fsp3) is 1.00. The van der Waals surface area contributed by atoms with Crippen LogP contribution in [0.3, 0.4) is 0 Å². The normalized spacial score (nSPS) is 23.7. The van der Waals surface area contributed by atoms with Gasteiger partial charge in [0.05, 0.1) is 0 Å². The van der Waals surface area contributed by atoms with Crippen LogP contribution in [0, 0.1) is 0 Å². The van der Waals surface area contributed by atoms with E-state index in [1.165, 1.54) is 4.31 Å². The molecule has 1 rings (SSSR count). The fourth-order valence-corrected chi connectivity index (χ4v) is 3.79. The molecule has 108 valence electrons. The third-order valence-corrected chi connectivity index (χ3v) is 5.47. The van der Waals surface area contributed by atoms with Gasteiger partial charge in [0.25, 0.3) is 10.2 Å². The van der Waals surface area contributed by atoms with E-state index in [4.69, 9.17) is 0 Å². The van der Waals surface area contributed by atoms with Crippen molar-refractivity contribution in [2.24, 2.45) is 0 Å². The lowest BCUT2D eigenvalue weighted by atomic mass is 10.2. The first-order valence-corrected chi connectivity index (χ1v) is 7.85. The Hall–Kier alpha value is -0.210. The first-order valence-electron chi connectivity index (χ1n) is 6.46. The molecule has 1 unspecified atom stereocenters. The maximum atomic E-state index is 12.4. The zero-order valence-electron chi connectivity index (χ0n) is 11.9. The first kappa shape index (κ1) is 15.8. The molecule has 6 nitrogen and oxygen atoms in total. The largest absolute Gasteiger partial charge is 0.320 e. The molecule has 1 heterocycles. The smallest absolute Gasteiger partial charge is 0.282 e. The van der Waals surface area contributed by atoms with Crippen molar-refractivity contribution in [1.29, 1.82) is 0 Å². The molecule has 18 heavy (non-hydrogen) atoms. The van der Waals surface area contributed by atoms with Gasteiger partial charge in [-0.15, -0.1) is 0 Å². The molecular formula is C11H26N4O2S. The average molecular weight is 278 g/mol. The van der Waals surface area contributed by atoms with E-state index in [9.17, 15) is 8.42 Å². The van der Waals surface area contributed by atoms with Crippen molar-refractivity contribution in [1.82, 2.24) is 18.8 Å². The molecule has 1 fully saturated rings. The Morgan fingerprint density at radius 2 is 2.06 bits per heavy atom. The standard InChI is InChI=1S/C11H26N4O2S/c1-11-10-13(3)8-9-15(11)18(16,17)14(4)7-5-6-12-2/h11-12H,5-10H2,1-4H3. The van der Waals surface area contributed by atoms with E-state index in [1.807, 2.05) is 21.0 Å². The van der Waals surface area contributed by atoms with Crippen LogP contribution in [0.25, 0.3) is 0 Å². The van der Waals surface area contributed by atoms with Crippen molar-refractivity contribution in [2.75, 3.05) is 53.9 Å². The van der Waals surface area contributed by atoms with Crippen molar-refractivity contribution >= 4 is 10.2 Å². The van der Waals surface area contributed by atoms with Crippen LogP contribution < -0.4 is 5.32 Å². The predicted octanol–water partition coefficient (Wildman–Crippen LogP) is -0.592. The Balaban J connectivity index is 2.61. The SMILES string of the molecule is CNCCCN(C)S(=O)(=O)N1CCN(C)CC1C. The van der Waals surface area contributed by atoms with Crippen molar-refractivity contribution in [2.45, 2.75) is 19.4 Å². The third kappa shape index (κ3) is 3.89. The predicted molar refractivity (Wildman–Crippen MR) is 73.8 cm³/mol. The molecule has 1 atom stereocenters. The van der Waals surface area contributed by atoms with Crippen molar-refractivity contribution in [3.63, 3.8) is 0 Å². The van der Waals surface area contributed by atoms with Gasteiger partial charge in [-0.05, 0) is 34.0 Å². The van der Waals surface area contributed by atoms with E-state index in [2.05, 4.69) is 10.2 Å². The molecule has 0 spiro atoms. The van der Waals surface area contributed by atoms with E-state index in [-0.39, 0.29) is 6.04 Å². The Bertz CT molecular complexity index is 347. The second-order valence-corrected chi connectivity index (χ2v) is 7.00. The molecule has 0 aromatic carbocycles. The van der Waals surface area contributed by atoms with Crippen LogP contribution in [0.15, 0.2) is 0 Å². The number of nitrogens with zero attached hydrogens (tertiary/aromatic N) is 3. The molecule has 0 saturated carbocycles. The van der Waals surface area contributed by atoms with Crippen LogP contribution >= 0.6 is 0 Å². The molecule has 0 radical (unpaired) electrons. The summed E-state index contributed by atoms with van der Waals surface area (Å²) in [5.41, 5.74) is 0. The minimum absolute atomic E-state index is 0.0421. The van der Waals surface area contributed by atoms with E-state index in [0.29, 0.717) is 13.1 Å². The second-order valence-electron chi connectivity index (χ2n) is 5.01. The fourth-order valence-electron chi connectivity index (χ4n) is 2.24. The van der Waals surface area contributed by atoms with Gasteiger partial charge in [0, 0.05) is 39.3 Å². The Morgan fingerprint density at radius 1 is 1.39 bits per heavy atom. The molecule has 1 aliphatic heterocycles. The van der Waals surface area contributed by atoms with Crippen LogP contribution in [0.1, 0.15) is 13.3 Å². The van der Waals surface area contributed by atoms with Gasteiger partial charge in [0.15, 0.2) is 0 Å². The molecule has 1 aliphatic rings. The van der Waals surface area contributed by atoms with Crippen molar-refractivity contribution in [3.05, 3.63) is 0 Å². The summed E-state index contributed by atoms with van der Waals surface area (Å²) in [6.45, 7) is 5.53. The molecule has 0 aromatic heterocycles. The lowest BCUT2D eigenvalue weighted by Crippen LogP contribution is -2.56. The van der Waals surface area contributed by atoms with Crippen LogP contribution in [-0.4, -0.2) is 81.8 Å². The summed E-state index contributed by atoms with van der Waals surface area (Å²) in [6, 6.07) is 0.0421. The number of hydrogen-bond donors (Lipinski definition) is 1. The average Bonchev–Trinajstić information content (AvgIpc) is 2.28. The molecule has 1 N–H and O–H groups in total. The highest BCUT2D eigenvalue weighted by Gasteiger charge is 2.33. The van der Waals surface area contributed by atoms with Gasteiger partial charge >= 0.3 is 0 Å². The molecule has 0 aliphatic carbocycles. The van der Waals surface area contributed by atoms with Crippen LogP contribution in [0.4, 0.5) is 0 Å². The zero-order valence-corrected chi connectivity index (χ0v) is 12.7. The van der Waals surface area contributed by atoms with E-state index >= 15 is 0 Å². The first-order chi connectivity index (χ1) is 8.39. The zero-order chi connectivity index (χ0) is 13.8. The summed E-state index contributed by atoms with van der Waals surface area (Å²) in [5, 5.41) is 3.03. The second kappa shape index (κ2) is 6.81. The lowest BCUT2D eigenvalue weighted by Gasteiger charge is -2.38. The molecule has 0 aromatic rings. The molecule has 0 bridgehead atoms. The molecule has 7 heteroatoms. The monoisotopic (exact) mass is 278 g/mol. The number of likely N-dealkylation sites (N-methyl/N-ethyl adjacent to an activating group) is 1. The number of rotatable bonds is 6. The van der Waals surface area contributed by atoms with Crippen molar-refractivity contribution in [3.8, 4) is 0 Å². The summed E-state index contributed by atoms with van der Waals surface area (Å²) in [7, 11) is 2.26. The Morgan fingerprint density at radius 3 is 2.61 bits per heavy atom. The van der Waals surface area contributed by atoms with E-state index in [0.717, 1.165) is 26.1 Å². The van der Waals surface area contributed by atoms with Gasteiger partial charge in [-0.25, -0.2) is 0 Å². The number of piperazine rings is 1. The van der Waals surface area contributed by atoms with Gasteiger partial charge in [0.2, 0.25) is 0 Å². The highest BCUT2D eigenvalue weighted by atomic mass is 32.2. The molecular weight excluding hydrogens is 252 g/mol. The number of nitrogens with one attached hydrogen (secondary N) is 1. The lowest BCUT2D eigenvalue weighted by molar-refractivity contribution is 0.163. The minimum atomic E-state index is -3.30. The minimum Gasteiger partial charge on any atom is -0.320 e. The Kier molecular flexibility index (Phi) is 6.00. The molecule has 1 saturated heterocycles. The van der Waals surface area contributed by atoms with Gasteiger partial charge in [-0.1, -0.05) is 0 Å². The molecule has 0 amide bonds. The van der Waals surface area contributed by atoms with E-state index in [1.54, 1.807) is 11.4 Å².